The Morgan fingerprint density at radius 2 is 1.94 bits per heavy atom. The molecule has 0 radical (unpaired) electrons. The zero-order valence-electron chi connectivity index (χ0n) is 17.8. The van der Waals surface area contributed by atoms with Gasteiger partial charge in [-0.15, -0.1) is 0 Å². The maximum absolute atomic E-state index is 15.0. The first-order valence-corrected chi connectivity index (χ1v) is 12.6. The molecule has 4 rings (SSSR count). The zero-order valence-corrected chi connectivity index (χ0v) is 18.7. The molecule has 170 valence electrons. The molecular weight excluding hydrogens is 421 g/mol. The quantitative estimate of drug-likeness (QED) is 0.720. The van der Waals surface area contributed by atoms with Crippen molar-refractivity contribution in [1.82, 2.24) is 5.32 Å². The predicted octanol–water partition coefficient (Wildman–Crippen LogP) is 2.66. The van der Waals surface area contributed by atoms with Gasteiger partial charge in [0.1, 0.15) is 11.9 Å². The fourth-order valence-corrected chi connectivity index (χ4v) is 6.09. The van der Waals surface area contributed by atoms with Crippen LogP contribution in [0.1, 0.15) is 32.6 Å². The molecule has 31 heavy (non-hydrogen) atoms. The number of nitrogens with zero attached hydrogens (tertiary/aromatic N) is 2. The molecule has 2 amide bonds. The molecule has 3 aliphatic heterocycles. The van der Waals surface area contributed by atoms with Crippen LogP contribution in [0, 0.1) is 17.7 Å². The van der Waals surface area contributed by atoms with E-state index in [2.05, 4.69) is 10.2 Å². The number of hydrogen-bond acceptors (Lipinski definition) is 5. The van der Waals surface area contributed by atoms with E-state index in [4.69, 9.17) is 4.74 Å². The van der Waals surface area contributed by atoms with Gasteiger partial charge in [0.2, 0.25) is 5.91 Å². The van der Waals surface area contributed by atoms with Gasteiger partial charge in [-0.1, -0.05) is 6.92 Å². The Labute approximate surface area is 184 Å². The van der Waals surface area contributed by atoms with Crippen molar-refractivity contribution in [2.45, 2.75) is 38.7 Å². The summed E-state index contributed by atoms with van der Waals surface area (Å²) in [4.78, 5) is 27.4. The number of benzene rings is 1. The minimum absolute atomic E-state index is 0.0690. The molecule has 0 bridgehead atoms. The molecule has 0 spiro atoms. The van der Waals surface area contributed by atoms with Gasteiger partial charge in [-0.05, 0) is 49.3 Å². The Bertz CT molecular complexity index is 849. The molecular formula is C22H30FN3O4S. The standard InChI is InChI=1S/C22H30FN3O4S/c1-2-3-21(27)24-11-18-14-26(22(28)30-18)17-4-5-20(19(23)10-17)25-12-15-6-8-31(29)9-7-16(15)13-25/h4-5,10,15-16,18H,2-3,6-9,11-14H2,1H3,(H,24,27)/t15?,16?,18-,31?/m0/s1. The van der Waals surface area contributed by atoms with Crippen molar-refractivity contribution >= 4 is 34.2 Å². The van der Waals surface area contributed by atoms with E-state index in [-0.39, 0.29) is 24.8 Å². The minimum atomic E-state index is -0.709. The normalized spacial score (nSPS) is 28.3. The van der Waals surface area contributed by atoms with Gasteiger partial charge in [0.25, 0.3) is 0 Å². The Hall–Kier alpha value is -2.16. The fraction of sp³-hybridized carbons (Fsp3) is 0.636. The van der Waals surface area contributed by atoms with Crippen molar-refractivity contribution in [2.24, 2.45) is 11.8 Å². The van der Waals surface area contributed by atoms with Crippen LogP contribution in [-0.4, -0.2) is 60.0 Å². The van der Waals surface area contributed by atoms with Crippen LogP contribution < -0.4 is 15.1 Å². The van der Waals surface area contributed by atoms with Crippen molar-refractivity contribution in [1.29, 1.82) is 0 Å². The van der Waals surface area contributed by atoms with E-state index in [1.165, 1.54) is 11.0 Å². The molecule has 1 aromatic rings. The van der Waals surface area contributed by atoms with Crippen molar-refractivity contribution < 1.29 is 22.9 Å². The predicted molar refractivity (Wildman–Crippen MR) is 118 cm³/mol. The second kappa shape index (κ2) is 9.54. The van der Waals surface area contributed by atoms with E-state index in [9.17, 15) is 13.8 Å². The Morgan fingerprint density at radius 3 is 2.58 bits per heavy atom. The molecule has 7 nitrogen and oxygen atoms in total. The third-order valence-electron chi connectivity index (χ3n) is 6.47. The van der Waals surface area contributed by atoms with E-state index in [1.807, 2.05) is 6.92 Å². The first-order valence-electron chi connectivity index (χ1n) is 11.1. The van der Waals surface area contributed by atoms with E-state index in [0.29, 0.717) is 29.6 Å². The number of nitrogens with one attached hydrogen (secondary N) is 1. The van der Waals surface area contributed by atoms with Gasteiger partial charge >= 0.3 is 6.09 Å². The monoisotopic (exact) mass is 451 g/mol. The van der Waals surface area contributed by atoms with E-state index < -0.39 is 23.0 Å². The third-order valence-corrected chi connectivity index (χ3v) is 7.85. The van der Waals surface area contributed by atoms with Gasteiger partial charge in [-0.2, -0.15) is 0 Å². The molecule has 0 aliphatic carbocycles. The maximum atomic E-state index is 15.0. The highest BCUT2D eigenvalue weighted by molar-refractivity contribution is 7.84. The molecule has 3 aliphatic rings. The Balaban J connectivity index is 1.38. The summed E-state index contributed by atoms with van der Waals surface area (Å²) in [7, 11) is -0.709. The lowest BCUT2D eigenvalue weighted by Gasteiger charge is -2.21. The van der Waals surface area contributed by atoms with Crippen LogP contribution in [0.2, 0.25) is 0 Å². The molecule has 0 saturated carbocycles. The molecule has 3 atom stereocenters. The first kappa shape index (κ1) is 22.0. The summed E-state index contributed by atoms with van der Waals surface area (Å²) in [5.74, 6) is 1.98. The van der Waals surface area contributed by atoms with Crippen LogP contribution in [0.25, 0.3) is 0 Å². The third kappa shape index (κ3) is 5.02. The van der Waals surface area contributed by atoms with Crippen molar-refractivity contribution in [3.8, 4) is 0 Å². The van der Waals surface area contributed by atoms with E-state index >= 15 is 4.39 Å². The van der Waals surface area contributed by atoms with Crippen molar-refractivity contribution in [3.63, 3.8) is 0 Å². The summed E-state index contributed by atoms with van der Waals surface area (Å²) in [5.41, 5.74) is 1.01. The van der Waals surface area contributed by atoms with Crippen LogP contribution in [0.5, 0.6) is 0 Å². The summed E-state index contributed by atoms with van der Waals surface area (Å²) in [6.45, 7) is 4.01. The van der Waals surface area contributed by atoms with Gasteiger partial charge in [0.05, 0.1) is 24.5 Å². The lowest BCUT2D eigenvalue weighted by atomic mass is 9.92. The van der Waals surface area contributed by atoms with Crippen LogP contribution >= 0.6 is 0 Å². The summed E-state index contributed by atoms with van der Waals surface area (Å²) in [5, 5.41) is 2.76. The highest BCUT2D eigenvalue weighted by Gasteiger charge is 2.36. The highest BCUT2D eigenvalue weighted by Crippen LogP contribution is 2.36. The number of amides is 2. The molecule has 1 aromatic carbocycles. The number of ether oxygens (including phenoxy) is 1. The number of fused-ring (bicyclic) bond motifs is 1. The second-order valence-corrected chi connectivity index (χ2v) is 10.4. The topological polar surface area (TPSA) is 79.0 Å². The average Bonchev–Trinajstić information content (AvgIpc) is 3.27. The Morgan fingerprint density at radius 1 is 1.23 bits per heavy atom. The average molecular weight is 452 g/mol. The lowest BCUT2D eigenvalue weighted by molar-refractivity contribution is -0.121. The fourth-order valence-electron chi connectivity index (χ4n) is 4.76. The van der Waals surface area contributed by atoms with Gasteiger partial charge in [0.15, 0.2) is 0 Å². The molecule has 0 aromatic heterocycles. The maximum Gasteiger partial charge on any atom is 0.414 e. The summed E-state index contributed by atoms with van der Waals surface area (Å²) in [6, 6.07) is 4.87. The van der Waals surface area contributed by atoms with Gasteiger partial charge in [-0.25, -0.2) is 9.18 Å². The highest BCUT2D eigenvalue weighted by atomic mass is 32.2. The summed E-state index contributed by atoms with van der Waals surface area (Å²) < 4.78 is 32.1. The number of carbonyl (C=O) groups is 2. The van der Waals surface area contributed by atoms with Gasteiger partial charge in [0, 0.05) is 41.8 Å². The van der Waals surface area contributed by atoms with Crippen LogP contribution in [-0.2, 0) is 20.3 Å². The van der Waals surface area contributed by atoms with E-state index in [0.717, 1.165) is 43.9 Å². The molecule has 9 heteroatoms. The second-order valence-electron chi connectivity index (χ2n) is 8.66. The molecule has 3 fully saturated rings. The smallest absolute Gasteiger partial charge is 0.414 e. The number of hydrogen-bond donors (Lipinski definition) is 1. The van der Waals surface area contributed by atoms with Crippen LogP contribution in [0.3, 0.4) is 0 Å². The largest absolute Gasteiger partial charge is 0.442 e. The van der Waals surface area contributed by atoms with Gasteiger partial charge in [-0.3, -0.25) is 13.9 Å². The lowest BCUT2D eigenvalue weighted by Crippen LogP contribution is -2.34. The summed E-state index contributed by atoms with van der Waals surface area (Å²) in [6.07, 6.45) is 2.08. The summed E-state index contributed by atoms with van der Waals surface area (Å²) >= 11 is 0. The van der Waals surface area contributed by atoms with Crippen molar-refractivity contribution in [3.05, 3.63) is 24.0 Å². The number of carbonyl (C=O) groups excluding carboxylic acids is 2. The number of anilines is 2. The van der Waals surface area contributed by atoms with Gasteiger partial charge < -0.3 is 15.0 Å². The first-order chi connectivity index (χ1) is 14.9. The molecule has 2 unspecified atom stereocenters. The zero-order chi connectivity index (χ0) is 22.0. The molecule has 1 N–H and O–H groups in total. The Kier molecular flexibility index (Phi) is 6.79. The molecule has 3 saturated heterocycles. The number of halogens is 1. The number of cyclic esters (lactones) is 1. The van der Waals surface area contributed by atoms with Crippen LogP contribution in [0.4, 0.5) is 20.6 Å². The van der Waals surface area contributed by atoms with Crippen molar-refractivity contribution in [2.75, 3.05) is 47.5 Å². The number of rotatable bonds is 6. The minimum Gasteiger partial charge on any atom is -0.442 e. The molecule has 3 heterocycles. The SMILES string of the molecule is CCCC(=O)NC[C@H]1CN(c2ccc(N3CC4CCS(=O)CCC4C3)c(F)c2)C(=O)O1. The van der Waals surface area contributed by atoms with E-state index in [1.54, 1.807) is 12.1 Å². The van der Waals surface area contributed by atoms with Crippen LogP contribution in [0.15, 0.2) is 18.2 Å².